The molecular formula is C21H22N4O6S. The van der Waals surface area contributed by atoms with Crippen molar-refractivity contribution in [2.75, 3.05) is 18.5 Å². The van der Waals surface area contributed by atoms with Crippen molar-refractivity contribution >= 4 is 34.2 Å². The second-order valence-corrected chi connectivity index (χ2v) is 7.60. The number of anilines is 1. The molecule has 3 aromatic heterocycles. The maximum absolute atomic E-state index is 12.2. The first kappa shape index (κ1) is 23.1. The number of carbonyl (C=O) groups is 3. The molecule has 3 heterocycles. The molecule has 1 N–H and O–H groups in total. The van der Waals surface area contributed by atoms with Crippen LogP contribution in [0.15, 0.2) is 35.0 Å². The Morgan fingerprint density at radius 1 is 1.19 bits per heavy atom. The molecular weight excluding hydrogens is 436 g/mol. The second-order valence-electron chi connectivity index (χ2n) is 6.47. The summed E-state index contributed by atoms with van der Waals surface area (Å²) in [5.74, 6) is -1.07. The predicted molar refractivity (Wildman–Crippen MR) is 115 cm³/mol. The van der Waals surface area contributed by atoms with E-state index in [9.17, 15) is 14.4 Å². The van der Waals surface area contributed by atoms with Gasteiger partial charge in [-0.1, -0.05) is 18.1 Å². The SMILES string of the molecule is CCOC(=O)c1cc(CC)sc1NC(=O)COC(=O)CCc1nc(-c2ccccn2)no1. The van der Waals surface area contributed by atoms with Gasteiger partial charge < -0.3 is 19.3 Å². The van der Waals surface area contributed by atoms with E-state index in [0.29, 0.717) is 22.9 Å². The van der Waals surface area contributed by atoms with E-state index in [2.05, 4.69) is 20.4 Å². The van der Waals surface area contributed by atoms with E-state index in [1.54, 1.807) is 37.4 Å². The fourth-order valence-corrected chi connectivity index (χ4v) is 3.62. The lowest BCUT2D eigenvalue weighted by Crippen LogP contribution is -2.21. The van der Waals surface area contributed by atoms with Crippen LogP contribution in [0, 0.1) is 0 Å². The van der Waals surface area contributed by atoms with E-state index in [1.165, 1.54) is 11.3 Å². The van der Waals surface area contributed by atoms with Crippen molar-refractivity contribution in [1.29, 1.82) is 0 Å². The lowest BCUT2D eigenvalue weighted by atomic mass is 10.2. The summed E-state index contributed by atoms with van der Waals surface area (Å²) in [5.41, 5.74) is 0.845. The number of nitrogens with zero attached hydrogens (tertiary/aromatic N) is 3. The Bertz CT molecular complexity index is 1080. The Balaban J connectivity index is 1.47. The van der Waals surface area contributed by atoms with Crippen LogP contribution in [0.5, 0.6) is 0 Å². The Hall–Kier alpha value is -3.60. The van der Waals surface area contributed by atoms with Crippen LogP contribution in [0.3, 0.4) is 0 Å². The molecule has 0 bridgehead atoms. The molecule has 0 saturated heterocycles. The summed E-state index contributed by atoms with van der Waals surface area (Å²) in [6.07, 6.45) is 2.45. The fraction of sp³-hybridized carbons (Fsp3) is 0.333. The Labute approximate surface area is 188 Å². The number of aryl methyl sites for hydroxylation is 2. The standard InChI is InChI=1S/C21H22N4O6S/c1-3-13-11-14(21(28)29-4-2)20(32-13)23-16(26)12-30-18(27)9-8-17-24-19(25-31-17)15-7-5-6-10-22-15/h5-7,10-11H,3-4,8-9,12H2,1-2H3,(H,23,26). The minimum atomic E-state index is -0.594. The first-order valence-electron chi connectivity index (χ1n) is 9.99. The van der Waals surface area contributed by atoms with E-state index in [-0.39, 0.29) is 30.9 Å². The summed E-state index contributed by atoms with van der Waals surface area (Å²) in [5, 5.41) is 6.81. The Kier molecular flexibility index (Phi) is 8.03. The normalized spacial score (nSPS) is 10.6. The Morgan fingerprint density at radius 2 is 2.03 bits per heavy atom. The van der Waals surface area contributed by atoms with Crippen LogP contribution < -0.4 is 5.32 Å². The first-order chi connectivity index (χ1) is 15.5. The third-order valence-corrected chi connectivity index (χ3v) is 5.34. The first-order valence-corrected chi connectivity index (χ1v) is 10.8. The van der Waals surface area contributed by atoms with E-state index in [0.717, 1.165) is 4.88 Å². The molecule has 0 aliphatic rings. The van der Waals surface area contributed by atoms with Crippen LogP contribution in [-0.2, 0) is 31.9 Å². The minimum Gasteiger partial charge on any atom is -0.462 e. The largest absolute Gasteiger partial charge is 0.462 e. The topological polar surface area (TPSA) is 134 Å². The number of pyridine rings is 1. The van der Waals surface area contributed by atoms with Crippen LogP contribution in [0.1, 0.15) is 41.4 Å². The van der Waals surface area contributed by atoms with Crippen LogP contribution in [0.25, 0.3) is 11.5 Å². The van der Waals surface area contributed by atoms with Crippen LogP contribution in [0.2, 0.25) is 0 Å². The molecule has 0 aromatic carbocycles. The molecule has 0 aliphatic heterocycles. The van der Waals surface area contributed by atoms with E-state index in [1.807, 2.05) is 6.92 Å². The van der Waals surface area contributed by atoms with Crippen LogP contribution in [0.4, 0.5) is 5.00 Å². The molecule has 0 fully saturated rings. The number of carbonyl (C=O) groups excluding carboxylic acids is 3. The van der Waals surface area contributed by atoms with Crippen molar-refractivity contribution in [2.45, 2.75) is 33.1 Å². The van der Waals surface area contributed by atoms with Crippen molar-refractivity contribution in [3.05, 3.63) is 46.8 Å². The van der Waals surface area contributed by atoms with E-state index in [4.69, 9.17) is 14.0 Å². The molecule has 0 aliphatic carbocycles. The van der Waals surface area contributed by atoms with E-state index >= 15 is 0 Å². The quantitative estimate of drug-likeness (QED) is 0.455. The number of hydrogen-bond donors (Lipinski definition) is 1. The van der Waals surface area contributed by atoms with Crippen LogP contribution in [-0.4, -0.2) is 46.2 Å². The van der Waals surface area contributed by atoms with Crippen molar-refractivity contribution in [3.8, 4) is 11.5 Å². The maximum Gasteiger partial charge on any atom is 0.341 e. The molecule has 10 nitrogen and oxygen atoms in total. The second kappa shape index (κ2) is 11.1. The van der Waals surface area contributed by atoms with Gasteiger partial charge in [-0.2, -0.15) is 4.98 Å². The zero-order valence-corrected chi connectivity index (χ0v) is 18.4. The lowest BCUT2D eigenvalue weighted by Gasteiger charge is -2.07. The van der Waals surface area contributed by atoms with Gasteiger partial charge in [0, 0.05) is 17.5 Å². The highest BCUT2D eigenvalue weighted by atomic mass is 32.1. The number of hydrogen-bond acceptors (Lipinski definition) is 10. The average Bonchev–Trinajstić information content (AvgIpc) is 3.44. The number of aromatic nitrogens is 3. The van der Waals surface area contributed by atoms with Gasteiger partial charge >= 0.3 is 11.9 Å². The van der Waals surface area contributed by atoms with Crippen LogP contribution >= 0.6 is 11.3 Å². The van der Waals surface area contributed by atoms with Crippen molar-refractivity contribution < 1.29 is 28.4 Å². The summed E-state index contributed by atoms with van der Waals surface area (Å²) >= 11 is 1.28. The molecule has 168 valence electrons. The summed E-state index contributed by atoms with van der Waals surface area (Å²) < 4.78 is 15.1. The average molecular weight is 458 g/mol. The molecule has 3 rings (SSSR count). The predicted octanol–water partition coefficient (Wildman–Crippen LogP) is 3.05. The molecule has 3 aromatic rings. The smallest absolute Gasteiger partial charge is 0.341 e. The molecule has 0 radical (unpaired) electrons. The number of ether oxygens (including phenoxy) is 2. The lowest BCUT2D eigenvalue weighted by molar-refractivity contribution is -0.147. The Morgan fingerprint density at radius 3 is 2.75 bits per heavy atom. The third-order valence-electron chi connectivity index (χ3n) is 4.15. The molecule has 32 heavy (non-hydrogen) atoms. The monoisotopic (exact) mass is 458 g/mol. The van der Waals surface area contributed by atoms with Crippen molar-refractivity contribution in [2.24, 2.45) is 0 Å². The third kappa shape index (κ3) is 6.20. The number of esters is 2. The molecule has 0 saturated carbocycles. The van der Waals surface area contributed by atoms with Gasteiger partial charge in [0.1, 0.15) is 10.7 Å². The van der Waals surface area contributed by atoms with Crippen molar-refractivity contribution in [3.63, 3.8) is 0 Å². The zero-order valence-electron chi connectivity index (χ0n) is 17.6. The zero-order chi connectivity index (χ0) is 22.9. The molecule has 11 heteroatoms. The summed E-state index contributed by atoms with van der Waals surface area (Å²) in [6, 6.07) is 7.00. The molecule has 0 atom stereocenters. The molecule has 0 unspecified atom stereocenters. The highest BCUT2D eigenvalue weighted by molar-refractivity contribution is 7.16. The molecule has 1 amide bonds. The van der Waals surface area contributed by atoms with E-state index < -0.39 is 24.5 Å². The number of amides is 1. The number of thiophene rings is 1. The van der Waals surface area contributed by atoms with Gasteiger partial charge in [0.05, 0.1) is 18.6 Å². The number of nitrogens with one attached hydrogen (secondary N) is 1. The number of rotatable bonds is 10. The summed E-state index contributed by atoms with van der Waals surface area (Å²) in [4.78, 5) is 45.5. The fourth-order valence-electron chi connectivity index (χ4n) is 2.62. The summed E-state index contributed by atoms with van der Waals surface area (Å²) in [6.45, 7) is 3.39. The van der Waals surface area contributed by atoms with Gasteiger partial charge in [0.15, 0.2) is 6.61 Å². The maximum atomic E-state index is 12.2. The van der Waals surface area contributed by atoms with Gasteiger partial charge in [-0.15, -0.1) is 11.3 Å². The highest BCUT2D eigenvalue weighted by Crippen LogP contribution is 2.29. The van der Waals surface area contributed by atoms with Crippen molar-refractivity contribution in [1.82, 2.24) is 15.1 Å². The minimum absolute atomic E-state index is 0.0375. The van der Waals surface area contributed by atoms with Gasteiger partial charge in [-0.3, -0.25) is 14.6 Å². The summed E-state index contributed by atoms with van der Waals surface area (Å²) in [7, 11) is 0. The van der Waals surface area contributed by atoms with Gasteiger partial charge in [-0.05, 0) is 31.5 Å². The van der Waals surface area contributed by atoms with Gasteiger partial charge in [-0.25, -0.2) is 4.79 Å². The van der Waals surface area contributed by atoms with Gasteiger partial charge in [0.25, 0.3) is 5.91 Å². The molecule has 0 spiro atoms. The van der Waals surface area contributed by atoms with Gasteiger partial charge in [0.2, 0.25) is 11.7 Å². The highest BCUT2D eigenvalue weighted by Gasteiger charge is 2.19.